The van der Waals surface area contributed by atoms with Gasteiger partial charge in [-0.15, -0.1) is 11.3 Å². The molecule has 0 N–H and O–H groups in total. The van der Waals surface area contributed by atoms with Crippen LogP contribution < -0.4 is 4.74 Å². The zero-order valence-corrected chi connectivity index (χ0v) is 20.9. The molecule has 2 unspecified atom stereocenters. The Labute approximate surface area is 213 Å². The fourth-order valence-corrected chi connectivity index (χ4v) is 6.32. The lowest BCUT2D eigenvalue weighted by Gasteiger charge is -2.35. The Bertz CT molecular complexity index is 1260. The van der Waals surface area contributed by atoms with E-state index < -0.39 is 18.0 Å². The van der Waals surface area contributed by atoms with Crippen molar-refractivity contribution in [2.45, 2.75) is 63.6 Å². The summed E-state index contributed by atoms with van der Waals surface area (Å²) in [6.07, 6.45) is 7.93. The molecular formula is C29H29F2NO3S. The zero-order chi connectivity index (χ0) is 24.8. The fraction of sp³-hybridized carbons (Fsp3) is 0.448. The first kappa shape index (κ1) is 23.7. The Kier molecular flexibility index (Phi) is 6.38. The Morgan fingerprint density at radius 3 is 2.50 bits per heavy atom. The molecule has 6 rings (SSSR count). The number of ether oxygens (including phenoxy) is 1. The maximum absolute atomic E-state index is 14.8. The molecule has 0 radical (unpaired) electrons. The minimum absolute atomic E-state index is 0.0309. The van der Waals surface area contributed by atoms with Gasteiger partial charge in [0.15, 0.2) is 22.7 Å². The average molecular weight is 510 g/mol. The van der Waals surface area contributed by atoms with Crippen LogP contribution in [-0.2, 0) is 22.6 Å². The molecule has 2 heterocycles. The Hall–Kier alpha value is -2.64. The molecule has 4 aliphatic rings. The summed E-state index contributed by atoms with van der Waals surface area (Å²) in [5.74, 6) is -0.612. The highest BCUT2D eigenvalue weighted by Gasteiger charge is 2.42. The molecule has 0 saturated heterocycles. The molecule has 1 aromatic carbocycles. The normalized spacial score (nSPS) is 21.7. The third-order valence-electron chi connectivity index (χ3n) is 7.58. The number of carbonyl (C=O) groups is 2. The lowest BCUT2D eigenvalue weighted by Crippen LogP contribution is -2.45. The highest BCUT2D eigenvalue weighted by molar-refractivity contribution is 7.14. The molecule has 1 aromatic heterocycles. The second kappa shape index (κ2) is 9.67. The quantitative estimate of drug-likeness (QED) is 0.400. The molecule has 2 atom stereocenters. The first-order valence-corrected chi connectivity index (χ1v) is 13.7. The van der Waals surface area contributed by atoms with E-state index in [2.05, 4.69) is 4.90 Å². The highest BCUT2D eigenvalue weighted by Crippen LogP contribution is 2.42. The molecule has 2 saturated carbocycles. The molecule has 1 aliphatic heterocycles. The molecule has 2 fully saturated rings. The Morgan fingerprint density at radius 1 is 1.03 bits per heavy atom. The molecule has 188 valence electrons. The van der Waals surface area contributed by atoms with E-state index in [-0.39, 0.29) is 34.8 Å². The summed E-state index contributed by atoms with van der Waals surface area (Å²) < 4.78 is 35.6. The van der Waals surface area contributed by atoms with Crippen LogP contribution in [0.5, 0.6) is 5.06 Å². The number of hydrogen-bond donors (Lipinski definition) is 0. The third kappa shape index (κ3) is 4.71. The lowest BCUT2D eigenvalue weighted by molar-refractivity contribution is -0.127. The number of benzene rings is 1. The van der Waals surface area contributed by atoms with Gasteiger partial charge in [-0.25, -0.2) is 8.78 Å². The van der Waals surface area contributed by atoms with Crippen molar-refractivity contribution in [1.29, 1.82) is 0 Å². The van der Waals surface area contributed by atoms with Gasteiger partial charge >= 0.3 is 0 Å². The van der Waals surface area contributed by atoms with Gasteiger partial charge in [0.1, 0.15) is 11.6 Å². The van der Waals surface area contributed by atoms with E-state index >= 15 is 0 Å². The van der Waals surface area contributed by atoms with Crippen molar-refractivity contribution in [2.24, 2.45) is 11.8 Å². The van der Waals surface area contributed by atoms with E-state index in [0.29, 0.717) is 36.6 Å². The van der Waals surface area contributed by atoms with Crippen molar-refractivity contribution >= 4 is 22.9 Å². The maximum atomic E-state index is 14.8. The molecule has 36 heavy (non-hydrogen) atoms. The minimum atomic E-state index is -0.967. The summed E-state index contributed by atoms with van der Waals surface area (Å²) in [6.45, 7) is 1.17. The molecule has 0 amide bonds. The van der Waals surface area contributed by atoms with E-state index in [1.165, 1.54) is 17.4 Å². The van der Waals surface area contributed by atoms with Crippen LogP contribution in [0.3, 0.4) is 0 Å². The molecule has 0 bridgehead atoms. The number of Topliss-reactive ketones (excluding diaryl/α,β-unsaturated/α-hetero) is 2. The summed E-state index contributed by atoms with van der Waals surface area (Å²) >= 11 is 1.48. The van der Waals surface area contributed by atoms with Crippen molar-refractivity contribution in [2.75, 3.05) is 6.54 Å². The van der Waals surface area contributed by atoms with Crippen LogP contribution in [0.15, 0.2) is 53.9 Å². The number of carbonyl (C=O) groups excluding carboxylic acids is 2. The third-order valence-corrected chi connectivity index (χ3v) is 8.71. The van der Waals surface area contributed by atoms with Gasteiger partial charge in [0.05, 0.1) is 6.04 Å². The predicted octanol–water partition coefficient (Wildman–Crippen LogP) is 6.27. The van der Waals surface area contributed by atoms with Crippen molar-refractivity contribution in [3.8, 4) is 5.06 Å². The van der Waals surface area contributed by atoms with Crippen LogP contribution in [0.2, 0.25) is 0 Å². The van der Waals surface area contributed by atoms with Crippen molar-refractivity contribution in [1.82, 2.24) is 4.90 Å². The van der Waals surface area contributed by atoms with Crippen LogP contribution in [0, 0.1) is 17.7 Å². The van der Waals surface area contributed by atoms with Gasteiger partial charge in [-0.3, -0.25) is 14.5 Å². The van der Waals surface area contributed by atoms with Gasteiger partial charge in [0.25, 0.3) is 0 Å². The number of nitrogens with zero attached hydrogens (tertiary/aromatic N) is 1. The van der Waals surface area contributed by atoms with Crippen molar-refractivity contribution in [3.63, 3.8) is 0 Å². The summed E-state index contributed by atoms with van der Waals surface area (Å²) in [4.78, 5) is 29.5. The lowest BCUT2D eigenvalue weighted by atomic mass is 9.91. The Morgan fingerprint density at radius 2 is 1.78 bits per heavy atom. The summed E-state index contributed by atoms with van der Waals surface area (Å²) in [5, 5.41) is 0.581. The average Bonchev–Trinajstić information content (AvgIpc) is 3.80. The van der Waals surface area contributed by atoms with Crippen molar-refractivity contribution in [3.05, 3.63) is 75.7 Å². The standard InChI is InChI=1S/C29H29F2NO3S/c30-22-7-3-1-5-20(22)26(27(33)17-9-10-17)32-14-13-24-19(16-32)15-25(36-24)35-29(28(34)18-11-12-18)21-6-2-4-8-23(21)31/h1-2,4-6,8,15,17-18,26,29H,3,7,9-14,16H2. The minimum Gasteiger partial charge on any atom is -0.468 e. The number of allylic oxidation sites excluding steroid dienone is 2. The second-order valence-corrected chi connectivity index (χ2v) is 11.4. The number of ketones is 2. The number of halogens is 2. The number of thiophene rings is 1. The molecule has 0 spiro atoms. The molecule has 3 aliphatic carbocycles. The SMILES string of the molecule is O=C(C1CC1)C(Oc1cc2c(s1)CCN(C(C(=O)C1CC1)C1=C(F)CCC=C1)C2)c1ccccc1F. The van der Waals surface area contributed by atoms with E-state index in [1.54, 1.807) is 24.3 Å². The first-order chi connectivity index (χ1) is 17.5. The monoisotopic (exact) mass is 509 g/mol. The van der Waals surface area contributed by atoms with Crippen LogP contribution in [0.4, 0.5) is 8.78 Å². The summed E-state index contributed by atoms with van der Waals surface area (Å²) in [6, 6.07) is 7.65. The Balaban J connectivity index is 1.25. The summed E-state index contributed by atoms with van der Waals surface area (Å²) in [7, 11) is 0. The summed E-state index contributed by atoms with van der Waals surface area (Å²) in [5.41, 5.74) is 1.81. The van der Waals surface area contributed by atoms with Crippen LogP contribution in [0.1, 0.15) is 60.6 Å². The van der Waals surface area contributed by atoms with Crippen LogP contribution >= 0.6 is 11.3 Å². The van der Waals surface area contributed by atoms with Crippen LogP contribution in [-0.4, -0.2) is 29.1 Å². The van der Waals surface area contributed by atoms with E-state index in [9.17, 15) is 18.4 Å². The number of hydrogen-bond acceptors (Lipinski definition) is 5. The van der Waals surface area contributed by atoms with Gasteiger partial charge in [0, 0.05) is 47.4 Å². The number of fused-ring (bicyclic) bond motifs is 1. The smallest absolute Gasteiger partial charge is 0.186 e. The molecule has 2 aromatic rings. The molecule has 4 nitrogen and oxygen atoms in total. The van der Waals surface area contributed by atoms with E-state index in [4.69, 9.17) is 4.74 Å². The van der Waals surface area contributed by atoms with Crippen LogP contribution in [0.25, 0.3) is 0 Å². The predicted molar refractivity (Wildman–Crippen MR) is 134 cm³/mol. The first-order valence-electron chi connectivity index (χ1n) is 12.9. The van der Waals surface area contributed by atoms with Crippen molar-refractivity contribution < 1.29 is 23.1 Å². The largest absolute Gasteiger partial charge is 0.468 e. The van der Waals surface area contributed by atoms with Gasteiger partial charge in [0.2, 0.25) is 0 Å². The molecule has 7 heteroatoms. The van der Waals surface area contributed by atoms with E-state index in [1.807, 2.05) is 12.1 Å². The van der Waals surface area contributed by atoms with E-state index in [0.717, 1.165) is 42.5 Å². The highest BCUT2D eigenvalue weighted by atomic mass is 32.1. The maximum Gasteiger partial charge on any atom is 0.186 e. The fourth-order valence-electron chi connectivity index (χ4n) is 5.28. The number of rotatable bonds is 9. The second-order valence-electron chi connectivity index (χ2n) is 10.3. The molecular weight excluding hydrogens is 480 g/mol. The van der Waals surface area contributed by atoms with Gasteiger partial charge in [-0.1, -0.05) is 30.4 Å². The topological polar surface area (TPSA) is 46.6 Å². The van der Waals surface area contributed by atoms with Gasteiger partial charge < -0.3 is 4.74 Å². The zero-order valence-electron chi connectivity index (χ0n) is 20.1. The van der Waals surface area contributed by atoms with Gasteiger partial charge in [-0.2, -0.15) is 0 Å². The van der Waals surface area contributed by atoms with Gasteiger partial charge in [-0.05, 0) is 56.2 Å².